The largest absolute Gasteiger partial charge is 0.457 e. The van der Waals surface area contributed by atoms with Gasteiger partial charge in [-0.05, 0) is 43.9 Å². The lowest BCUT2D eigenvalue weighted by Crippen LogP contribution is -2.26. The number of ether oxygens (including phenoxy) is 2. The van der Waals surface area contributed by atoms with Gasteiger partial charge in [-0.3, -0.25) is 0 Å². The number of carbonyl (C=O) groups is 2. The van der Waals surface area contributed by atoms with Crippen LogP contribution in [0.1, 0.15) is 79.6 Å². The average molecular weight is 314 g/mol. The minimum atomic E-state index is -0.857. The first-order valence-electron chi connectivity index (χ1n) is 8.82. The van der Waals surface area contributed by atoms with Gasteiger partial charge in [0.1, 0.15) is 6.10 Å². The van der Waals surface area contributed by atoms with E-state index in [1.165, 1.54) is 0 Å². The zero-order valence-electron chi connectivity index (χ0n) is 15.0. The standard InChI is InChI=1S/C18H34O4/c1-6-15(7-2)11-12-16(8-3)22-18(20)17(19)21-13-9-10-14(4)5/h14-16H,6-13H2,1-5H3. The van der Waals surface area contributed by atoms with Crippen LogP contribution >= 0.6 is 0 Å². The Morgan fingerprint density at radius 2 is 1.50 bits per heavy atom. The summed E-state index contributed by atoms with van der Waals surface area (Å²) in [6.45, 7) is 10.8. The molecule has 0 radical (unpaired) electrons. The van der Waals surface area contributed by atoms with E-state index in [-0.39, 0.29) is 12.7 Å². The zero-order chi connectivity index (χ0) is 17.0. The maximum atomic E-state index is 11.7. The fourth-order valence-electron chi connectivity index (χ4n) is 2.38. The quantitative estimate of drug-likeness (QED) is 0.320. The lowest BCUT2D eigenvalue weighted by molar-refractivity contribution is -0.171. The van der Waals surface area contributed by atoms with Crippen LogP contribution in [0.15, 0.2) is 0 Å². The normalized spacial score (nSPS) is 12.5. The lowest BCUT2D eigenvalue weighted by Gasteiger charge is -2.18. The topological polar surface area (TPSA) is 52.6 Å². The molecule has 0 amide bonds. The van der Waals surface area contributed by atoms with Gasteiger partial charge in [-0.15, -0.1) is 0 Å². The van der Waals surface area contributed by atoms with E-state index in [0.717, 1.165) is 44.9 Å². The second kappa shape index (κ2) is 12.5. The summed E-state index contributed by atoms with van der Waals surface area (Å²) in [5.74, 6) is -0.471. The van der Waals surface area contributed by atoms with E-state index in [1.54, 1.807) is 0 Å². The van der Waals surface area contributed by atoms with Crippen molar-refractivity contribution in [3.63, 3.8) is 0 Å². The van der Waals surface area contributed by atoms with E-state index in [9.17, 15) is 9.59 Å². The Balaban J connectivity index is 4.05. The second-order valence-electron chi connectivity index (χ2n) is 6.37. The SMILES string of the molecule is CCC(CC)CCC(CC)OC(=O)C(=O)OCCCC(C)C. The minimum Gasteiger partial charge on any atom is -0.457 e. The summed E-state index contributed by atoms with van der Waals surface area (Å²) in [5, 5.41) is 0. The molecule has 0 saturated carbocycles. The molecule has 1 atom stereocenters. The maximum absolute atomic E-state index is 11.7. The van der Waals surface area contributed by atoms with Crippen molar-refractivity contribution in [1.29, 1.82) is 0 Å². The van der Waals surface area contributed by atoms with Crippen LogP contribution in [-0.2, 0) is 19.1 Å². The predicted octanol–water partition coefficient (Wildman–Crippen LogP) is 4.50. The van der Waals surface area contributed by atoms with Crippen LogP contribution in [0.2, 0.25) is 0 Å². The first-order valence-corrected chi connectivity index (χ1v) is 8.82. The maximum Gasteiger partial charge on any atom is 0.417 e. The number of carbonyl (C=O) groups excluding carboxylic acids is 2. The Morgan fingerprint density at radius 1 is 0.864 bits per heavy atom. The number of rotatable bonds is 11. The van der Waals surface area contributed by atoms with Gasteiger partial charge in [0.05, 0.1) is 6.61 Å². The Bertz CT molecular complexity index is 308. The Labute approximate surface area is 135 Å². The Morgan fingerprint density at radius 3 is 2.00 bits per heavy atom. The molecule has 0 saturated heterocycles. The van der Waals surface area contributed by atoms with Gasteiger partial charge in [-0.1, -0.05) is 47.5 Å². The highest BCUT2D eigenvalue weighted by Gasteiger charge is 2.22. The number of esters is 2. The molecule has 0 rings (SSSR count). The summed E-state index contributed by atoms with van der Waals surface area (Å²) in [6, 6.07) is 0. The Kier molecular flexibility index (Phi) is 11.9. The van der Waals surface area contributed by atoms with Crippen molar-refractivity contribution in [3.05, 3.63) is 0 Å². The molecule has 0 aliphatic rings. The van der Waals surface area contributed by atoms with Crippen molar-refractivity contribution < 1.29 is 19.1 Å². The third-order valence-corrected chi connectivity index (χ3v) is 4.11. The van der Waals surface area contributed by atoms with Crippen LogP contribution < -0.4 is 0 Å². The smallest absolute Gasteiger partial charge is 0.417 e. The van der Waals surface area contributed by atoms with Gasteiger partial charge in [0.2, 0.25) is 0 Å². The van der Waals surface area contributed by atoms with Gasteiger partial charge in [0, 0.05) is 0 Å². The van der Waals surface area contributed by atoms with E-state index in [1.807, 2.05) is 6.92 Å². The molecule has 22 heavy (non-hydrogen) atoms. The first-order chi connectivity index (χ1) is 10.4. The zero-order valence-corrected chi connectivity index (χ0v) is 15.0. The third kappa shape index (κ3) is 9.80. The molecule has 4 heteroatoms. The number of hydrogen-bond donors (Lipinski definition) is 0. The molecule has 4 nitrogen and oxygen atoms in total. The van der Waals surface area contributed by atoms with Crippen molar-refractivity contribution in [3.8, 4) is 0 Å². The monoisotopic (exact) mass is 314 g/mol. The molecular weight excluding hydrogens is 280 g/mol. The summed E-state index contributed by atoms with van der Waals surface area (Å²) in [5.41, 5.74) is 0. The summed E-state index contributed by atoms with van der Waals surface area (Å²) in [4.78, 5) is 23.3. The van der Waals surface area contributed by atoms with E-state index >= 15 is 0 Å². The summed E-state index contributed by atoms with van der Waals surface area (Å²) in [6.07, 6.45) is 6.43. The molecule has 0 fully saturated rings. The molecule has 0 aromatic rings. The second-order valence-corrected chi connectivity index (χ2v) is 6.37. The molecular formula is C18H34O4. The van der Waals surface area contributed by atoms with Crippen LogP contribution in [0.3, 0.4) is 0 Å². The van der Waals surface area contributed by atoms with Crippen molar-refractivity contribution in [2.24, 2.45) is 11.8 Å². The fraction of sp³-hybridized carbons (Fsp3) is 0.889. The van der Waals surface area contributed by atoms with Crippen molar-refractivity contribution in [2.45, 2.75) is 85.7 Å². The van der Waals surface area contributed by atoms with Gasteiger partial charge >= 0.3 is 11.9 Å². The molecule has 0 aromatic heterocycles. The van der Waals surface area contributed by atoms with E-state index in [0.29, 0.717) is 11.8 Å². The van der Waals surface area contributed by atoms with Gasteiger partial charge in [0.15, 0.2) is 0 Å². The summed E-state index contributed by atoms with van der Waals surface area (Å²) in [7, 11) is 0. The Hall–Kier alpha value is -1.06. The molecule has 0 aromatic carbocycles. The summed E-state index contributed by atoms with van der Waals surface area (Å²) < 4.78 is 10.2. The molecule has 0 bridgehead atoms. The number of hydrogen-bond acceptors (Lipinski definition) is 4. The van der Waals surface area contributed by atoms with Crippen molar-refractivity contribution in [2.75, 3.05) is 6.61 Å². The third-order valence-electron chi connectivity index (χ3n) is 4.11. The van der Waals surface area contributed by atoms with E-state index in [4.69, 9.17) is 9.47 Å². The van der Waals surface area contributed by atoms with Crippen LogP contribution in [0, 0.1) is 11.8 Å². The van der Waals surface area contributed by atoms with Crippen LogP contribution in [0.4, 0.5) is 0 Å². The van der Waals surface area contributed by atoms with E-state index in [2.05, 4.69) is 27.7 Å². The molecule has 0 spiro atoms. The van der Waals surface area contributed by atoms with E-state index < -0.39 is 11.9 Å². The summed E-state index contributed by atoms with van der Waals surface area (Å²) >= 11 is 0. The predicted molar refractivity (Wildman–Crippen MR) is 88.5 cm³/mol. The van der Waals surface area contributed by atoms with Crippen LogP contribution in [-0.4, -0.2) is 24.6 Å². The lowest BCUT2D eigenvalue weighted by atomic mass is 9.95. The average Bonchev–Trinajstić information content (AvgIpc) is 2.50. The van der Waals surface area contributed by atoms with Crippen LogP contribution in [0.25, 0.3) is 0 Å². The fourth-order valence-corrected chi connectivity index (χ4v) is 2.38. The van der Waals surface area contributed by atoms with Crippen molar-refractivity contribution in [1.82, 2.24) is 0 Å². The molecule has 0 N–H and O–H groups in total. The molecule has 130 valence electrons. The van der Waals surface area contributed by atoms with Gasteiger partial charge in [-0.2, -0.15) is 0 Å². The highest BCUT2D eigenvalue weighted by atomic mass is 16.6. The molecule has 1 unspecified atom stereocenters. The van der Waals surface area contributed by atoms with Gasteiger partial charge in [0.25, 0.3) is 0 Å². The highest BCUT2D eigenvalue weighted by molar-refractivity contribution is 6.29. The van der Waals surface area contributed by atoms with Crippen LogP contribution in [0.5, 0.6) is 0 Å². The molecule has 0 aliphatic carbocycles. The van der Waals surface area contributed by atoms with Gasteiger partial charge in [-0.25, -0.2) is 9.59 Å². The molecule has 0 heterocycles. The van der Waals surface area contributed by atoms with Gasteiger partial charge < -0.3 is 9.47 Å². The minimum absolute atomic E-state index is 0.184. The highest BCUT2D eigenvalue weighted by Crippen LogP contribution is 2.18. The van der Waals surface area contributed by atoms with Crippen molar-refractivity contribution >= 4 is 11.9 Å². The molecule has 0 aliphatic heterocycles. The first kappa shape index (κ1) is 20.9.